The molecule has 0 spiro atoms. The Morgan fingerprint density at radius 2 is 1.79 bits per heavy atom. The molecule has 0 aromatic heterocycles. The van der Waals surface area contributed by atoms with Gasteiger partial charge in [-0.15, -0.1) is 0 Å². The van der Waals surface area contributed by atoms with Crippen LogP contribution in [0.1, 0.15) is 30.9 Å². The van der Waals surface area contributed by atoms with Crippen molar-refractivity contribution in [2.24, 2.45) is 0 Å². The number of rotatable bonds is 1. The fourth-order valence-corrected chi connectivity index (χ4v) is 1.82. The quantitative estimate of drug-likeness (QED) is 0.620. The molecule has 0 nitrogen and oxygen atoms in total. The molecule has 0 amide bonds. The fourth-order valence-electron chi connectivity index (χ4n) is 1.82. The SMILES string of the molecule is Cc1cccc2cc(C(C)C)ccc12. The monoisotopic (exact) mass is 184 g/mol. The molecule has 0 fully saturated rings. The summed E-state index contributed by atoms with van der Waals surface area (Å²) in [5.74, 6) is 0.611. The minimum Gasteiger partial charge on any atom is -0.0614 e. The lowest BCUT2D eigenvalue weighted by Crippen LogP contribution is -1.87. The molecule has 0 saturated heterocycles. The Kier molecular flexibility index (Phi) is 2.28. The van der Waals surface area contributed by atoms with Gasteiger partial charge in [0, 0.05) is 0 Å². The number of hydrogen-bond acceptors (Lipinski definition) is 0. The molecule has 0 saturated carbocycles. The highest BCUT2D eigenvalue weighted by molar-refractivity contribution is 5.86. The Morgan fingerprint density at radius 3 is 2.50 bits per heavy atom. The highest BCUT2D eigenvalue weighted by atomic mass is 14.1. The van der Waals surface area contributed by atoms with Gasteiger partial charge in [0.15, 0.2) is 0 Å². The van der Waals surface area contributed by atoms with Crippen LogP contribution in [0.15, 0.2) is 36.4 Å². The van der Waals surface area contributed by atoms with E-state index in [1.54, 1.807) is 0 Å². The summed E-state index contributed by atoms with van der Waals surface area (Å²) in [6.45, 7) is 6.63. The molecule has 0 heteroatoms. The zero-order valence-corrected chi connectivity index (χ0v) is 9.04. The van der Waals surface area contributed by atoms with Crippen LogP contribution in [-0.4, -0.2) is 0 Å². The molecule has 2 aromatic rings. The maximum atomic E-state index is 2.30. The first-order chi connectivity index (χ1) is 6.68. The van der Waals surface area contributed by atoms with Crippen molar-refractivity contribution < 1.29 is 0 Å². The van der Waals surface area contributed by atoms with Crippen LogP contribution in [0, 0.1) is 6.92 Å². The van der Waals surface area contributed by atoms with Crippen LogP contribution >= 0.6 is 0 Å². The van der Waals surface area contributed by atoms with E-state index >= 15 is 0 Å². The molecule has 0 radical (unpaired) electrons. The van der Waals surface area contributed by atoms with Crippen LogP contribution in [-0.2, 0) is 0 Å². The molecule has 2 aromatic carbocycles. The smallest absolute Gasteiger partial charge is 0.0155 e. The zero-order valence-electron chi connectivity index (χ0n) is 9.04. The molecule has 0 aliphatic heterocycles. The van der Waals surface area contributed by atoms with Crippen molar-refractivity contribution >= 4 is 10.8 Å². The summed E-state index contributed by atoms with van der Waals surface area (Å²) in [5.41, 5.74) is 2.78. The van der Waals surface area contributed by atoms with Gasteiger partial charge >= 0.3 is 0 Å². The topological polar surface area (TPSA) is 0 Å². The summed E-state index contributed by atoms with van der Waals surface area (Å²) in [4.78, 5) is 0. The van der Waals surface area contributed by atoms with Gasteiger partial charge in [0.1, 0.15) is 0 Å². The van der Waals surface area contributed by atoms with Crippen molar-refractivity contribution in [1.29, 1.82) is 0 Å². The highest BCUT2D eigenvalue weighted by Crippen LogP contribution is 2.23. The van der Waals surface area contributed by atoms with E-state index in [1.165, 1.54) is 21.9 Å². The molecular formula is C14H16. The van der Waals surface area contributed by atoms with Crippen LogP contribution in [0.2, 0.25) is 0 Å². The Morgan fingerprint density at radius 1 is 1.00 bits per heavy atom. The van der Waals surface area contributed by atoms with Gasteiger partial charge in [0.05, 0.1) is 0 Å². The third kappa shape index (κ3) is 1.52. The van der Waals surface area contributed by atoms with E-state index in [9.17, 15) is 0 Å². The minimum absolute atomic E-state index is 0.611. The van der Waals surface area contributed by atoms with Crippen molar-refractivity contribution in [3.05, 3.63) is 47.5 Å². The van der Waals surface area contributed by atoms with Crippen molar-refractivity contribution in [2.75, 3.05) is 0 Å². The van der Waals surface area contributed by atoms with Gasteiger partial charge in [-0.1, -0.05) is 50.2 Å². The van der Waals surface area contributed by atoms with E-state index in [2.05, 4.69) is 57.2 Å². The van der Waals surface area contributed by atoms with Crippen LogP contribution in [0.25, 0.3) is 10.8 Å². The summed E-state index contributed by atoms with van der Waals surface area (Å²) < 4.78 is 0. The molecule has 0 bridgehead atoms. The number of benzene rings is 2. The molecule has 72 valence electrons. The van der Waals surface area contributed by atoms with Crippen molar-refractivity contribution in [2.45, 2.75) is 26.7 Å². The molecule has 2 rings (SSSR count). The van der Waals surface area contributed by atoms with Crippen molar-refractivity contribution in [3.8, 4) is 0 Å². The average Bonchev–Trinajstić information content (AvgIpc) is 2.17. The molecular weight excluding hydrogens is 168 g/mol. The van der Waals surface area contributed by atoms with Gasteiger partial charge in [-0.25, -0.2) is 0 Å². The average molecular weight is 184 g/mol. The van der Waals surface area contributed by atoms with Crippen molar-refractivity contribution in [1.82, 2.24) is 0 Å². The number of hydrogen-bond donors (Lipinski definition) is 0. The summed E-state index contributed by atoms with van der Waals surface area (Å²) in [5, 5.41) is 2.73. The second-order valence-electron chi connectivity index (χ2n) is 4.21. The lowest BCUT2D eigenvalue weighted by Gasteiger charge is -2.08. The third-order valence-corrected chi connectivity index (χ3v) is 2.79. The molecule has 0 N–H and O–H groups in total. The Hall–Kier alpha value is -1.30. The Balaban J connectivity index is 2.67. The van der Waals surface area contributed by atoms with E-state index < -0.39 is 0 Å². The normalized spacial score (nSPS) is 11.1. The van der Waals surface area contributed by atoms with Gasteiger partial charge < -0.3 is 0 Å². The second kappa shape index (κ2) is 3.45. The summed E-state index contributed by atoms with van der Waals surface area (Å²) >= 11 is 0. The lowest BCUT2D eigenvalue weighted by molar-refractivity contribution is 0.869. The molecule has 0 aliphatic carbocycles. The minimum atomic E-state index is 0.611. The number of aryl methyl sites for hydroxylation is 1. The number of fused-ring (bicyclic) bond motifs is 1. The van der Waals surface area contributed by atoms with Crippen LogP contribution in [0.4, 0.5) is 0 Å². The Bertz CT molecular complexity index is 453. The molecule has 0 unspecified atom stereocenters. The zero-order chi connectivity index (χ0) is 10.1. The third-order valence-electron chi connectivity index (χ3n) is 2.79. The first-order valence-electron chi connectivity index (χ1n) is 5.18. The Labute approximate surface area is 85.6 Å². The highest BCUT2D eigenvalue weighted by Gasteiger charge is 2.01. The van der Waals surface area contributed by atoms with Crippen LogP contribution in [0.3, 0.4) is 0 Å². The van der Waals surface area contributed by atoms with Gasteiger partial charge in [0.2, 0.25) is 0 Å². The summed E-state index contributed by atoms with van der Waals surface area (Å²) in [7, 11) is 0. The van der Waals surface area contributed by atoms with Crippen LogP contribution in [0.5, 0.6) is 0 Å². The summed E-state index contributed by atoms with van der Waals surface area (Å²) in [6, 6.07) is 13.3. The molecule has 0 heterocycles. The van der Waals surface area contributed by atoms with E-state index in [0.717, 1.165) is 0 Å². The largest absolute Gasteiger partial charge is 0.0614 e. The van der Waals surface area contributed by atoms with Gasteiger partial charge in [-0.3, -0.25) is 0 Å². The van der Waals surface area contributed by atoms with E-state index in [-0.39, 0.29) is 0 Å². The van der Waals surface area contributed by atoms with Crippen molar-refractivity contribution in [3.63, 3.8) is 0 Å². The predicted molar refractivity (Wildman–Crippen MR) is 62.8 cm³/mol. The molecule has 0 atom stereocenters. The summed E-state index contributed by atoms with van der Waals surface area (Å²) in [6.07, 6.45) is 0. The van der Waals surface area contributed by atoms with Gasteiger partial charge in [-0.2, -0.15) is 0 Å². The molecule has 14 heavy (non-hydrogen) atoms. The molecule has 0 aliphatic rings. The maximum absolute atomic E-state index is 2.30. The van der Waals surface area contributed by atoms with Gasteiger partial charge in [0.25, 0.3) is 0 Å². The van der Waals surface area contributed by atoms with Crippen LogP contribution < -0.4 is 0 Å². The van der Waals surface area contributed by atoms with Gasteiger partial charge in [-0.05, 0) is 34.7 Å². The van der Waals surface area contributed by atoms with E-state index in [4.69, 9.17) is 0 Å². The van der Waals surface area contributed by atoms with E-state index in [0.29, 0.717) is 5.92 Å². The lowest BCUT2D eigenvalue weighted by atomic mass is 9.97. The standard InChI is InChI=1S/C14H16/c1-10(2)12-7-8-14-11(3)5-4-6-13(14)9-12/h4-10H,1-3H3. The second-order valence-corrected chi connectivity index (χ2v) is 4.21. The fraction of sp³-hybridized carbons (Fsp3) is 0.286. The predicted octanol–water partition coefficient (Wildman–Crippen LogP) is 4.27. The van der Waals surface area contributed by atoms with E-state index in [1.807, 2.05) is 0 Å². The first kappa shape index (κ1) is 9.26. The maximum Gasteiger partial charge on any atom is -0.0155 e. The first-order valence-corrected chi connectivity index (χ1v) is 5.18.